The number of hydrogen-bond acceptors (Lipinski definition) is 10. The van der Waals surface area contributed by atoms with Crippen molar-refractivity contribution in [2.75, 3.05) is 0 Å². The Balaban J connectivity index is 1.11. The van der Waals surface area contributed by atoms with E-state index in [-0.39, 0.29) is 0 Å². The molecule has 8 aromatic rings. The maximum absolute atomic E-state index is 4.97. The summed E-state index contributed by atoms with van der Waals surface area (Å²) in [5.41, 5.74) is 4.25. The molecule has 0 saturated carbocycles. The Kier molecular flexibility index (Phi) is 5.12. The molecule has 0 N–H and O–H groups in total. The molecule has 0 aliphatic carbocycles. The number of rotatable bonds is 4. The fraction of sp³-hybridized carbons (Fsp3) is 0. The summed E-state index contributed by atoms with van der Waals surface area (Å²) in [6, 6.07) is 17.4. The second-order valence-corrected chi connectivity index (χ2v) is 12.8. The first kappa shape index (κ1) is 22.1. The molecule has 6 nitrogen and oxygen atoms in total. The van der Waals surface area contributed by atoms with Crippen LogP contribution in [0.25, 0.3) is 71.9 Å². The number of benzene rings is 2. The van der Waals surface area contributed by atoms with Gasteiger partial charge in [-0.15, -0.1) is 22.7 Å². The van der Waals surface area contributed by atoms with Crippen molar-refractivity contribution in [1.82, 2.24) is 29.9 Å². The average molecular weight is 563 g/mol. The molecule has 0 radical (unpaired) electrons. The third-order valence-electron chi connectivity index (χ3n) is 6.22. The molecular formula is C28H14N6S4. The molecule has 0 aliphatic heterocycles. The number of thiophene rings is 2. The Bertz CT molecular complexity index is 1910. The standard InChI is InChI=1S/C28H14N6S4/c1-3-21-17(5-15(1)19-9-29-13-30-10-19)7-23(35-21)25-33-27-28(37-25)34-26(38-27)24-8-18-6-16(2-4-22(18)36-24)20-11-31-14-32-12-20/h1-14H. The lowest BCUT2D eigenvalue weighted by atomic mass is 10.1. The number of hydrogen-bond donors (Lipinski definition) is 0. The highest BCUT2D eigenvalue weighted by Crippen LogP contribution is 2.43. The van der Waals surface area contributed by atoms with Crippen molar-refractivity contribution in [3.8, 4) is 42.0 Å². The molecule has 0 fully saturated rings. The molecule has 0 amide bonds. The van der Waals surface area contributed by atoms with Gasteiger partial charge in [-0.3, -0.25) is 0 Å². The molecule has 180 valence electrons. The zero-order chi connectivity index (χ0) is 25.1. The molecule has 2 aromatic carbocycles. The molecule has 0 spiro atoms. The maximum atomic E-state index is 4.97. The third kappa shape index (κ3) is 3.81. The zero-order valence-electron chi connectivity index (χ0n) is 19.4. The fourth-order valence-electron chi connectivity index (χ4n) is 4.41. The van der Waals surface area contributed by atoms with Crippen LogP contribution in [0.3, 0.4) is 0 Å². The lowest BCUT2D eigenvalue weighted by Gasteiger charge is -1.99. The summed E-state index contributed by atoms with van der Waals surface area (Å²) in [5.74, 6) is 0. The summed E-state index contributed by atoms with van der Waals surface area (Å²) in [4.78, 5) is 30.8. The summed E-state index contributed by atoms with van der Waals surface area (Å²) in [7, 11) is 0. The molecule has 38 heavy (non-hydrogen) atoms. The van der Waals surface area contributed by atoms with E-state index in [1.165, 1.54) is 20.2 Å². The summed E-state index contributed by atoms with van der Waals surface area (Å²) in [5, 5.41) is 4.43. The SMILES string of the molecule is c1ncc(-c2ccc3sc(-c4nc5sc(-c6cc7cc(-c8cncnc8)ccc7s6)nc5s4)cc3c2)cn1. The maximum Gasteiger partial charge on any atom is 0.155 e. The largest absolute Gasteiger partial charge is 0.244 e. The molecule has 0 aliphatic rings. The van der Waals surface area contributed by atoms with E-state index < -0.39 is 0 Å². The average Bonchev–Trinajstić information content (AvgIpc) is 3.74. The Hall–Kier alpha value is -3.96. The molecule has 6 aromatic heterocycles. The van der Waals surface area contributed by atoms with Gasteiger partial charge in [0.25, 0.3) is 0 Å². The summed E-state index contributed by atoms with van der Waals surface area (Å²) in [6.45, 7) is 0. The van der Waals surface area contributed by atoms with Crippen LogP contribution in [0.5, 0.6) is 0 Å². The summed E-state index contributed by atoms with van der Waals surface area (Å²) < 4.78 is 2.47. The van der Waals surface area contributed by atoms with Crippen molar-refractivity contribution in [2.24, 2.45) is 0 Å². The van der Waals surface area contributed by atoms with Crippen LogP contribution >= 0.6 is 45.3 Å². The fourth-order valence-corrected chi connectivity index (χ4v) is 8.63. The van der Waals surface area contributed by atoms with Gasteiger partial charge in [-0.05, 0) is 58.3 Å². The second kappa shape index (κ2) is 8.81. The van der Waals surface area contributed by atoms with Crippen LogP contribution in [0.15, 0.2) is 86.0 Å². The smallest absolute Gasteiger partial charge is 0.155 e. The number of aromatic nitrogens is 6. The topological polar surface area (TPSA) is 77.3 Å². The highest BCUT2D eigenvalue weighted by Gasteiger charge is 2.17. The molecule has 8 rings (SSSR count). The minimum atomic E-state index is 0.985. The van der Waals surface area contributed by atoms with Crippen LogP contribution in [0.1, 0.15) is 0 Å². The Morgan fingerprint density at radius 3 is 1.34 bits per heavy atom. The number of nitrogens with zero attached hydrogens (tertiary/aromatic N) is 6. The van der Waals surface area contributed by atoms with E-state index in [4.69, 9.17) is 9.97 Å². The predicted octanol–water partition coefficient (Wildman–Crippen LogP) is 8.43. The van der Waals surface area contributed by atoms with Crippen molar-refractivity contribution in [2.45, 2.75) is 0 Å². The van der Waals surface area contributed by atoms with Crippen molar-refractivity contribution in [3.05, 3.63) is 86.0 Å². The van der Waals surface area contributed by atoms with E-state index in [1.54, 1.807) is 58.0 Å². The van der Waals surface area contributed by atoms with Gasteiger partial charge < -0.3 is 0 Å². The lowest BCUT2D eigenvalue weighted by molar-refractivity contribution is 1.17. The summed E-state index contributed by atoms with van der Waals surface area (Å²) in [6.07, 6.45) is 10.5. The molecule has 0 saturated heterocycles. The van der Waals surface area contributed by atoms with Gasteiger partial charge in [-0.1, -0.05) is 34.8 Å². The molecular weight excluding hydrogens is 549 g/mol. The van der Waals surface area contributed by atoms with Crippen LogP contribution in [0.2, 0.25) is 0 Å². The third-order valence-corrected chi connectivity index (χ3v) is 10.8. The number of thiazole rings is 2. The van der Waals surface area contributed by atoms with Crippen molar-refractivity contribution < 1.29 is 0 Å². The van der Waals surface area contributed by atoms with E-state index >= 15 is 0 Å². The highest BCUT2D eigenvalue weighted by molar-refractivity contribution is 7.33. The van der Waals surface area contributed by atoms with Crippen molar-refractivity contribution in [1.29, 1.82) is 0 Å². The van der Waals surface area contributed by atoms with E-state index in [0.717, 1.165) is 51.7 Å². The van der Waals surface area contributed by atoms with Gasteiger partial charge in [0.15, 0.2) is 9.66 Å². The van der Waals surface area contributed by atoms with Crippen LogP contribution in [0, 0.1) is 0 Å². The van der Waals surface area contributed by atoms with Crippen LogP contribution in [-0.4, -0.2) is 29.9 Å². The van der Waals surface area contributed by atoms with Crippen LogP contribution < -0.4 is 0 Å². The first-order chi connectivity index (χ1) is 18.8. The monoisotopic (exact) mass is 562 g/mol. The first-order valence-corrected chi connectivity index (χ1v) is 14.9. The van der Waals surface area contributed by atoms with Gasteiger partial charge in [0.05, 0.1) is 9.75 Å². The minimum Gasteiger partial charge on any atom is -0.244 e. The van der Waals surface area contributed by atoms with Gasteiger partial charge >= 0.3 is 0 Å². The van der Waals surface area contributed by atoms with Gasteiger partial charge in [-0.25, -0.2) is 29.9 Å². The molecule has 0 bridgehead atoms. The van der Waals surface area contributed by atoms with Crippen molar-refractivity contribution in [3.63, 3.8) is 0 Å². The minimum absolute atomic E-state index is 0.985. The second-order valence-electron chi connectivity index (χ2n) is 8.63. The lowest BCUT2D eigenvalue weighted by Crippen LogP contribution is -1.81. The molecule has 10 heteroatoms. The Morgan fingerprint density at radius 1 is 0.447 bits per heavy atom. The molecule has 0 atom stereocenters. The Labute approximate surface area is 232 Å². The van der Waals surface area contributed by atoms with Gasteiger partial charge in [-0.2, -0.15) is 0 Å². The zero-order valence-corrected chi connectivity index (χ0v) is 22.7. The van der Waals surface area contributed by atoms with E-state index in [9.17, 15) is 0 Å². The number of fused-ring (bicyclic) bond motifs is 3. The van der Waals surface area contributed by atoms with Crippen molar-refractivity contribution >= 4 is 75.2 Å². The van der Waals surface area contributed by atoms with Gasteiger partial charge in [0, 0.05) is 45.3 Å². The van der Waals surface area contributed by atoms with E-state index in [2.05, 4.69) is 68.5 Å². The quantitative estimate of drug-likeness (QED) is 0.214. The first-order valence-electron chi connectivity index (χ1n) is 11.6. The van der Waals surface area contributed by atoms with Crippen LogP contribution in [0.4, 0.5) is 0 Å². The van der Waals surface area contributed by atoms with Gasteiger partial charge in [0.2, 0.25) is 0 Å². The summed E-state index contributed by atoms with van der Waals surface area (Å²) >= 11 is 6.84. The normalized spacial score (nSPS) is 11.7. The van der Waals surface area contributed by atoms with Crippen LogP contribution in [-0.2, 0) is 0 Å². The van der Waals surface area contributed by atoms with E-state index in [0.29, 0.717) is 0 Å². The van der Waals surface area contributed by atoms with E-state index in [1.807, 2.05) is 24.8 Å². The predicted molar refractivity (Wildman–Crippen MR) is 159 cm³/mol. The highest BCUT2D eigenvalue weighted by atomic mass is 32.1. The van der Waals surface area contributed by atoms with Gasteiger partial charge in [0.1, 0.15) is 22.7 Å². The molecule has 6 heterocycles. The Morgan fingerprint density at radius 2 is 0.895 bits per heavy atom. The molecule has 0 unspecified atom stereocenters.